The Balaban J connectivity index is 1.93. The minimum Gasteiger partial charge on any atom is -0.459 e. The summed E-state index contributed by atoms with van der Waals surface area (Å²) in [6, 6.07) is 8.68. The van der Waals surface area contributed by atoms with Gasteiger partial charge in [-0.1, -0.05) is 30.0 Å². The van der Waals surface area contributed by atoms with Gasteiger partial charge in [0, 0.05) is 17.4 Å². The van der Waals surface area contributed by atoms with E-state index in [4.69, 9.17) is 4.74 Å². The van der Waals surface area contributed by atoms with Crippen molar-refractivity contribution in [2.45, 2.75) is 43.7 Å². The van der Waals surface area contributed by atoms with E-state index in [2.05, 4.69) is 0 Å². The van der Waals surface area contributed by atoms with Gasteiger partial charge in [0.2, 0.25) is 10.0 Å². The molecule has 2 rings (SSSR count). The molecule has 1 atom stereocenters. The molecule has 1 heterocycles. The predicted octanol–water partition coefficient (Wildman–Crippen LogP) is 2.05. The summed E-state index contributed by atoms with van der Waals surface area (Å²) in [5.74, 6) is -0.726. The van der Waals surface area contributed by atoms with E-state index in [1.165, 1.54) is 0 Å². The van der Waals surface area contributed by atoms with Gasteiger partial charge in [0.05, 0.1) is 5.75 Å². The van der Waals surface area contributed by atoms with Crippen molar-refractivity contribution in [3.05, 3.63) is 30.3 Å². The van der Waals surface area contributed by atoms with Gasteiger partial charge in [0.25, 0.3) is 0 Å². The molecule has 1 fully saturated rings. The smallest absolute Gasteiger partial charge is 0.321 e. The number of sulfonamides is 1. The van der Waals surface area contributed by atoms with E-state index in [1.54, 1.807) is 20.8 Å². The molecule has 1 aliphatic rings. The molecule has 0 saturated carbocycles. The SMILES string of the molecule is CC(C)(C)OC(=O)CN1C(CC(=O)Sc2ccccc2)CS1(=O)=O. The molecule has 0 spiro atoms. The summed E-state index contributed by atoms with van der Waals surface area (Å²) >= 11 is 1.08. The van der Waals surface area contributed by atoms with Crippen molar-refractivity contribution in [1.82, 2.24) is 4.31 Å². The number of esters is 1. The summed E-state index contributed by atoms with van der Waals surface area (Å²) in [7, 11) is -3.47. The van der Waals surface area contributed by atoms with Gasteiger partial charge in [-0.2, -0.15) is 4.31 Å². The fourth-order valence-electron chi connectivity index (χ4n) is 2.31. The maximum atomic E-state index is 12.1. The topological polar surface area (TPSA) is 80.8 Å². The minimum atomic E-state index is -3.47. The van der Waals surface area contributed by atoms with E-state index < -0.39 is 27.6 Å². The summed E-state index contributed by atoms with van der Waals surface area (Å²) in [6.07, 6.45) is 0.0710. The molecule has 8 heteroatoms. The Labute approximate surface area is 146 Å². The number of carbonyl (C=O) groups is 2. The first-order valence-electron chi connectivity index (χ1n) is 7.54. The Morgan fingerprint density at radius 3 is 2.42 bits per heavy atom. The van der Waals surface area contributed by atoms with Crippen molar-refractivity contribution >= 4 is 32.9 Å². The van der Waals surface area contributed by atoms with E-state index in [1.807, 2.05) is 30.3 Å². The number of hydrogen-bond acceptors (Lipinski definition) is 6. The highest BCUT2D eigenvalue weighted by atomic mass is 32.2. The first-order chi connectivity index (χ1) is 11.1. The Morgan fingerprint density at radius 2 is 1.88 bits per heavy atom. The third-order valence-corrected chi connectivity index (χ3v) is 6.10. The highest BCUT2D eigenvalue weighted by Gasteiger charge is 2.45. The van der Waals surface area contributed by atoms with Crippen LogP contribution in [0.2, 0.25) is 0 Å². The van der Waals surface area contributed by atoms with Crippen LogP contribution >= 0.6 is 11.8 Å². The molecule has 1 aromatic rings. The Bertz CT molecular complexity index is 710. The number of hydrogen-bond donors (Lipinski definition) is 0. The maximum Gasteiger partial charge on any atom is 0.321 e. The molecule has 0 aromatic heterocycles. The third kappa shape index (κ3) is 5.32. The lowest BCUT2D eigenvalue weighted by Gasteiger charge is -2.39. The zero-order valence-corrected chi connectivity index (χ0v) is 15.5. The second kappa shape index (κ2) is 7.25. The molecule has 0 N–H and O–H groups in total. The summed E-state index contributed by atoms with van der Waals surface area (Å²) in [5, 5.41) is -0.129. The molecule has 1 aromatic carbocycles. The van der Waals surface area contributed by atoms with Crippen LogP contribution in [-0.2, 0) is 24.3 Å². The van der Waals surface area contributed by atoms with Crippen molar-refractivity contribution in [3.63, 3.8) is 0 Å². The maximum absolute atomic E-state index is 12.1. The van der Waals surface area contributed by atoms with Gasteiger partial charge in [-0.05, 0) is 32.9 Å². The van der Waals surface area contributed by atoms with Crippen LogP contribution in [0.1, 0.15) is 27.2 Å². The van der Waals surface area contributed by atoms with Gasteiger partial charge in [-0.25, -0.2) is 8.42 Å². The number of ether oxygens (including phenoxy) is 1. The standard InChI is InChI=1S/C16H21NO5S2/c1-16(2,3)22-14(18)10-17-12(11-24(17,20)21)9-15(19)23-13-7-5-4-6-8-13/h4-8,12H,9-11H2,1-3H3. The molecule has 0 bridgehead atoms. The van der Waals surface area contributed by atoms with E-state index >= 15 is 0 Å². The predicted molar refractivity (Wildman–Crippen MR) is 92.0 cm³/mol. The van der Waals surface area contributed by atoms with Crippen LogP contribution in [0.5, 0.6) is 0 Å². The molecule has 132 valence electrons. The molecule has 0 amide bonds. The molecule has 1 aliphatic heterocycles. The van der Waals surface area contributed by atoms with Gasteiger partial charge < -0.3 is 4.74 Å². The average molecular weight is 371 g/mol. The van der Waals surface area contributed by atoms with E-state index in [9.17, 15) is 18.0 Å². The number of thioether (sulfide) groups is 1. The molecule has 1 unspecified atom stereocenters. The first-order valence-corrected chi connectivity index (χ1v) is 9.96. The Morgan fingerprint density at radius 1 is 1.25 bits per heavy atom. The molecule has 6 nitrogen and oxygen atoms in total. The van der Waals surface area contributed by atoms with Gasteiger partial charge in [0.1, 0.15) is 12.1 Å². The summed E-state index contributed by atoms with van der Waals surface area (Å²) in [4.78, 5) is 24.8. The van der Waals surface area contributed by atoms with Gasteiger partial charge >= 0.3 is 5.97 Å². The fourth-order valence-corrected chi connectivity index (χ4v) is 4.76. The lowest BCUT2D eigenvalue weighted by Crippen LogP contribution is -2.59. The summed E-state index contributed by atoms with van der Waals surface area (Å²) in [6.45, 7) is 4.79. The highest BCUT2D eigenvalue weighted by Crippen LogP contribution is 2.28. The highest BCUT2D eigenvalue weighted by molar-refractivity contribution is 8.13. The van der Waals surface area contributed by atoms with Crippen LogP contribution in [0.3, 0.4) is 0 Å². The third-order valence-electron chi connectivity index (χ3n) is 3.25. The van der Waals surface area contributed by atoms with Crippen LogP contribution in [0, 0.1) is 0 Å². The van der Waals surface area contributed by atoms with Crippen molar-refractivity contribution in [3.8, 4) is 0 Å². The zero-order valence-electron chi connectivity index (χ0n) is 13.9. The summed E-state index contributed by atoms with van der Waals surface area (Å²) < 4.78 is 30.0. The first kappa shape index (κ1) is 19.0. The van der Waals surface area contributed by atoms with Crippen LogP contribution in [-0.4, -0.2) is 47.7 Å². The lowest BCUT2D eigenvalue weighted by molar-refractivity contribution is -0.155. The van der Waals surface area contributed by atoms with E-state index in [-0.39, 0.29) is 23.8 Å². The Kier molecular flexibility index (Phi) is 5.72. The quantitative estimate of drug-likeness (QED) is 0.582. The van der Waals surface area contributed by atoms with Crippen LogP contribution < -0.4 is 0 Å². The normalized spacial score (nSPS) is 20.2. The van der Waals surface area contributed by atoms with Crippen LogP contribution in [0.25, 0.3) is 0 Å². The zero-order chi connectivity index (χ0) is 18.0. The summed E-state index contributed by atoms with van der Waals surface area (Å²) in [5.41, 5.74) is -0.680. The molecule has 24 heavy (non-hydrogen) atoms. The average Bonchev–Trinajstić information content (AvgIpc) is 2.43. The number of rotatable bonds is 5. The molecule has 0 radical (unpaired) electrons. The number of benzene rings is 1. The number of carbonyl (C=O) groups excluding carboxylic acids is 2. The van der Waals surface area contributed by atoms with Crippen LogP contribution in [0.4, 0.5) is 0 Å². The lowest BCUT2D eigenvalue weighted by atomic mass is 10.2. The molecule has 1 saturated heterocycles. The van der Waals surface area contributed by atoms with Gasteiger partial charge in [-0.3, -0.25) is 9.59 Å². The Hall–Kier alpha value is -1.38. The van der Waals surface area contributed by atoms with Crippen LogP contribution in [0.15, 0.2) is 35.2 Å². The van der Waals surface area contributed by atoms with Crippen molar-refractivity contribution in [2.24, 2.45) is 0 Å². The van der Waals surface area contributed by atoms with Crippen molar-refractivity contribution in [1.29, 1.82) is 0 Å². The molecular weight excluding hydrogens is 350 g/mol. The largest absolute Gasteiger partial charge is 0.459 e. The van der Waals surface area contributed by atoms with Crippen molar-refractivity contribution < 1.29 is 22.7 Å². The second-order valence-corrected chi connectivity index (χ2v) is 9.65. The van der Waals surface area contributed by atoms with Crippen molar-refractivity contribution in [2.75, 3.05) is 12.3 Å². The minimum absolute atomic E-state index is 0.0710. The monoisotopic (exact) mass is 371 g/mol. The van der Waals surface area contributed by atoms with Gasteiger partial charge in [-0.15, -0.1) is 0 Å². The van der Waals surface area contributed by atoms with E-state index in [0.29, 0.717) is 0 Å². The van der Waals surface area contributed by atoms with Gasteiger partial charge in [0.15, 0.2) is 5.12 Å². The molecule has 0 aliphatic carbocycles. The molecular formula is C16H21NO5S2. The second-order valence-electron chi connectivity index (χ2n) is 6.56. The fraction of sp³-hybridized carbons (Fsp3) is 0.500. The number of nitrogens with zero attached hydrogens (tertiary/aromatic N) is 1. The van der Waals surface area contributed by atoms with E-state index in [0.717, 1.165) is 21.0 Å².